The first-order chi connectivity index (χ1) is 7.28. The number of hydrogen-bond acceptors (Lipinski definition) is 4. The molecule has 0 saturated heterocycles. The number of carbonyl (C=O) groups is 1. The summed E-state index contributed by atoms with van der Waals surface area (Å²) in [5.74, 6) is 0. The van der Waals surface area contributed by atoms with E-state index < -0.39 is 18.1 Å². The number of hydrogen-bond donors (Lipinski definition) is 1. The van der Waals surface area contributed by atoms with E-state index in [1.807, 2.05) is 0 Å². The molecule has 4 nitrogen and oxygen atoms in total. The normalized spacial score (nSPS) is 11.6. The highest BCUT2D eigenvalue weighted by Gasteiger charge is 2.18. The molecule has 0 aliphatic rings. The third-order valence-corrected chi connectivity index (χ3v) is 2.12. The van der Waals surface area contributed by atoms with Gasteiger partial charge >= 0.3 is 6.09 Å². The third-order valence-electron chi connectivity index (χ3n) is 1.38. The van der Waals surface area contributed by atoms with E-state index >= 15 is 0 Å². The minimum absolute atomic E-state index is 0.0861. The van der Waals surface area contributed by atoms with Gasteiger partial charge in [0.05, 0.1) is 0 Å². The number of aromatic nitrogens is 1. The second kappa shape index (κ2) is 4.73. The molecule has 0 saturated carbocycles. The average molecular weight is 250 g/mol. The van der Waals surface area contributed by atoms with Crippen LogP contribution in [0.5, 0.6) is 5.19 Å². The molecule has 0 aromatic carbocycles. The van der Waals surface area contributed by atoms with Crippen LogP contribution in [-0.4, -0.2) is 16.6 Å². The number of nitrogens with one attached hydrogen (secondary N) is 1. The molecule has 0 bridgehead atoms. The summed E-state index contributed by atoms with van der Waals surface area (Å²) in [6, 6.07) is 0. The SMILES string of the molecule is CC(C)(C)NC(=O)Oc1nc(C(F)F)cs1. The standard InChI is InChI=1S/C9H12F2N2O2S/c1-9(2,3)13-7(14)15-8-12-5(4-16-8)6(10)11/h4,6H,1-3H3,(H,13,14). The third kappa shape index (κ3) is 4.09. The molecule has 0 fully saturated rings. The summed E-state index contributed by atoms with van der Waals surface area (Å²) in [7, 11) is 0. The van der Waals surface area contributed by atoms with Gasteiger partial charge in [0.15, 0.2) is 0 Å². The Bertz CT molecular complexity index is 374. The lowest BCUT2D eigenvalue weighted by Crippen LogP contribution is -2.42. The first-order valence-corrected chi connectivity index (χ1v) is 5.39. The van der Waals surface area contributed by atoms with Gasteiger partial charge in [0.2, 0.25) is 0 Å². The summed E-state index contributed by atoms with van der Waals surface area (Å²) >= 11 is 0.858. The number of rotatable bonds is 2. The summed E-state index contributed by atoms with van der Waals surface area (Å²) in [6.45, 7) is 5.34. The fourth-order valence-electron chi connectivity index (χ4n) is 0.827. The zero-order chi connectivity index (χ0) is 12.3. The molecule has 90 valence electrons. The number of halogens is 2. The number of nitrogens with zero attached hydrogens (tertiary/aromatic N) is 1. The minimum atomic E-state index is -2.65. The van der Waals surface area contributed by atoms with E-state index in [2.05, 4.69) is 10.3 Å². The molecule has 0 aliphatic carbocycles. The van der Waals surface area contributed by atoms with Crippen LogP contribution in [-0.2, 0) is 0 Å². The Morgan fingerprint density at radius 2 is 2.19 bits per heavy atom. The number of ether oxygens (including phenoxy) is 1. The van der Waals surface area contributed by atoms with Gasteiger partial charge in [-0.1, -0.05) is 11.3 Å². The van der Waals surface area contributed by atoms with Gasteiger partial charge in [-0.05, 0) is 20.8 Å². The maximum Gasteiger partial charge on any atom is 0.414 e. The van der Waals surface area contributed by atoms with Crippen LogP contribution in [0.2, 0.25) is 0 Å². The molecular formula is C9H12F2N2O2S. The predicted molar refractivity (Wildman–Crippen MR) is 56.0 cm³/mol. The van der Waals surface area contributed by atoms with Crippen molar-refractivity contribution in [2.75, 3.05) is 0 Å². The highest BCUT2D eigenvalue weighted by molar-refractivity contribution is 7.11. The van der Waals surface area contributed by atoms with Crippen molar-refractivity contribution in [1.82, 2.24) is 10.3 Å². The molecule has 1 aromatic heterocycles. The van der Waals surface area contributed by atoms with Crippen molar-refractivity contribution in [3.05, 3.63) is 11.1 Å². The van der Waals surface area contributed by atoms with Crippen LogP contribution in [0, 0.1) is 0 Å². The lowest BCUT2D eigenvalue weighted by molar-refractivity contribution is 0.145. The van der Waals surface area contributed by atoms with Crippen molar-refractivity contribution >= 4 is 17.4 Å². The molecule has 1 heterocycles. The first kappa shape index (κ1) is 12.8. The van der Waals surface area contributed by atoms with Gasteiger partial charge in [0, 0.05) is 10.9 Å². The Morgan fingerprint density at radius 1 is 1.56 bits per heavy atom. The fourth-order valence-corrected chi connectivity index (χ4v) is 1.49. The molecule has 0 radical (unpaired) electrons. The molecule has 16 heavy (non-hydrogen) atoms. The maximum absolute atomic E-state index is 12.2. The van der Waals surface area contributed by atoms with Gasteiger partial charge in [-0.15, -0.1) is 0 Å². The molecule has 1 aromatic rings. The summed E-state index contributed by atoms with van der Waals surface area (Å²) in [4.78, 5) is 14.7. The topological polar surface area (TPSA) is 51.2 Å². The molecule has 0 aliphatic heterocycles. The van der Waals surface area contributed by atoms with Crippen LogP contribution in [0.3, 0.4) is 0 Å². The zero-order valence-electron chi connectivity index (χ0n) is 9.08. The van der Waals surface area contributed by atoms with E-state index in [1.165, 1.54) is 0 Å². The quantitative estimate of drug-likeness (QED) is 0.877. The minimum Gasteiger partial charge on any atom is -0.381 e. The van der Waals surface area contributed by atoms with Crippen molar-refractivity contribution in [3.63, 3.8) is 0 Å². The summed E-state index contributed by atoms with van der Waals surface area (Å²) in [5, 5.41) is 3.60. The number of alkyl halides is 2. The largest absolute Gasteiger partial charge is 0.414 e. The molecule has 1 amide bonds. The molecule has 0 atom stereocenters. The summed E-state index contributed by atoms with van der Waals surface area (Å²) in [6.07, 6.45) is -3.36. The monoisotopic (exact) mass is 250 g/mol. The van der Waals surface area contributed by atoms with Crippen LogP contribution >= 0.6 is 11.3 Å². The number of thiazole rings is 1. The van der Waals surface area contributed by atoms with Crippen LogP contribution < -0.4 is 10.1 Å². The highest BCUT2D eigenvalue weighted by Crippen LogP contribution is 2.25. The molecular weight excluding hydrogens is 238 g/mol. The van der Waals surface area contributed by atoms with Gasteiger partial charge in [-0.3, -0.25) is 0 Å². The van der Waals surface area contributed by atoms with Crippen molar-refractivity contribution in [3.8, 4) is 5.19 Å². The molecule has 1 N–H and O–H groups in total. The Balaban J connectivity index is 2.57. The Morgan fingerprint density at radius 3 is 2.62 bits per heavy atom. The van der Waals surface area contributed by atoms with Crippen molar-refractivity contribution in [1.29, 1.82) is 0 Å². The van der Waals surface area contributed by atoms with Crippen LogP contribution in [0.1, 0.15) is 32.9 Å². The molecule has 0 unspecified atom stereocenters. The number of amides is 1. The van der Waals surface area contributed by atoms with Gasteiger partial charge < -0.3 is 10.1 Å². The van der Waals surface area contributed by atoms with Crippen LogP contribution in [0.15, 0.2) is 5.38 Å². The van der Waals surface area contributed by atoms with Crippen molar-refractivity contribution in [2.24, 2.45) is 0 Å². The van der Waals surface area contributed by atoms with Crippen molar-refractivity contribution < 1.29 is 18.3 Å². The predicted octanol–water partition coefficient (Wildman–Crippen LogP) is 2.97. The second-order valence-corrected chi connectivity index (χ2v) is 4.92. The summed E-state index contributed by atoms with van der Waals surface area (Å²) in [5.41, 5.74) is -0.830. The van der Waals surface area contributed by atoms with Gasteiger partial charge in [-0.2, -0.15) is 0 Å². The molecule has 1 rings (SSSR count). The highest BCUT2D eigenvalue weighted by atomic mass is 32.1. The van der Waals surface area contributed by atoms with Crippen LogP contribution in [0.25, 0.3) is 0 Å². The van der Waals surface area contributed by atoms with Crippen LogP contribution in [0.4, 0.5) is 13.6 Å². The lowest BCUT2D eigenvalue weighted by atomic mass is 10.1. The van der Waals surface area contributed by atoms with Crippen molar-refractivity contribution in [2.45, 2.75) is 32.7 Å². The average Bonchev–Trinajstić information content (AvgIpc) is 2.48. The van der Waals surface area contributed by atoms with E-state index in [0.717, 1.165) is 16.7 Å². The molecule has 7 heteroatoms. The lowest BCUT2D eigenvalue weighted by Gasteiger charge is -2.18. The smallest absolute Gasteiger partial charge is 0.381 e. The summed E-state index contributed by atoms with van der Waals surface area (Å²) < 4.78 is 29.1. The zero-order valence-corrected chi connectivity index (χ0v) is 9.90. The van der Waals surface area contributed by atoms with E-state index in [1.54, 1.807) is 20.8 Å². The Hall–Kier alpha value is -1.24. The first-order valence-electron chi connectivity index (χ1n) is 4.51. The van der Waals surface area contributed by atoms with E-state index in [-0.39, 0.29) is 10.9 Å². The van der Waals surface area contributed by atoms with Gasteiger partial charge in [0.25, 0.3) is 11.6 Å². The van der Waals surface area contributed by atoms with E-state index in [4.69, 9.17) is 4.74 Å². The van der Waals surface area contributed by atoms with Gasteiger partial charge in [0.1, 0.15) is 5.69 Å². The maximum atomic E-state index is 12.2. The molecule has 0 spiro atoms. The van der Waals surface area contributed by atoms with Gasteiger partial charge in [-0.25, -0.2) is 18.6 Å². The van der Waals surface area contributed by atoms with E-state index in [0.29, 0.717) is 0 Å². The second-order valence-electron chi connectivity index (χ2n) is 4.10. The fraction of sp³-hybridized carbons (Fsp3) is 0.556. The van der Waals surface area contributed by atoms with E-state index in [9.17, 15) is 13.6 Å². The Labute approximate surface area is 95.6 Å². The number of carbonyl (C=O) groups excluding carboxylic acids is 1. The Kier molecular flexibility index (Phi) is 3.79.